The number of rotatable bonds is 3. The number of amides is 1. The number of piperidine rings is 1. The second kappa shape index (κ2) is 7.83. The molecule has 2 aliphatic heterocycles. The van der Waals surface area contributed by atoms with Gasteiger partial charge in [0.2, 0.25) is 14.9 Å². The molecular formula is C22H24FN3O3S. The molecule has 0 aromatic heterocycles. The largest absolute Gasteiger partial charge is 0.337 e. The molecule has 158 valence electrons. The molecule has 2 aromatic carbocycles. The standard InChI is InChI=1S/C22H24FN3O3S/c1-15-9-11-25(12-10-15)22(27)21-24-26(14-17-4-6-18(23)7-5-17)19-13-16(2)3-8-20(19)30(21,28)29/h3-8,13,15H,9-12,14H2,1-2H3. The van der Waals surface area contributed by atoms with Crippen molar-refractivity contribution in [2.24, 2.45) is 11.0 Å². The summed E-state index contributed by atoms with van der Waals surface area (Å²) in [6, 6.07) is 10.9. The number of halogens is 1. The lowest BCUT2D eigenvalue weighted by Crippen LogP contribution is -2.46. The highest BCUT2D eigenvalue weighted by molar-refractivity contribution is 8.08. The van der Waals surface area contributed by atoms with Crippen LogP contribution < -0.4 is 5.01 Å². The molecule has 1 amide bonds. The number of hydrogen-bond donors (Lipinski definition) is 0. The van der Waals surface area contributed by atoms with E-state index in [0.717, 1.165) is 24.0 Å². The molecule has 4 rings (SSSR count). The van der Waals surface area contributed by atoms with Crippen LogP contribution in [0, 0.1) is 18.7 Å². The van der Waals surface area contributed by atoms with Crippen molar-refractivity contribution in [3.8, 4) is 0 Å². The van der Waals surface area contributed by atoms with E-state index in [9.17, 15) is 17.6 Å². The highest BCUT2D eigenvalue weighted by Crippen LogP contribution is 2.34. The number of aryl methyl sites for hydroxylation is 1. The van der Waals surface area contributed by atoms with Gasteiger partial charge in [-0.15, -0.1) is 0 Å². The molecule has 2 aromatic rings. The summed E-state index contributed by atoms with van der Waals surface area (Å²) in [6.45, 7) is 5.25. The summed E-state index contributed by atoms with van der Waals surface area (Å²) in [7, 11) is -4.04. The third-order valence-electron chi connectivity index (χ3n) is 5.65. The normalized spacial score (nSPS) is 18.7. The van der Waals surface area contributed by atoms with Gasteiger partial charge in [-0.05, 0) is 61.1 Å². The van der Waals surface area contributed by atoms with Gasteiger partial charge in [0.05, 0.1) is 17.1 Å². The summed E-state index contributed by atoms with van der Waals surface area (Å²) in [5, 5.41) is 5.38. The second-order valence-electron chi connectivity index (χ2n) is 8.04. The molecular weight excluding hydrogens is 405 g/mol. The summed E-state index contributed by atoms with van der Waals surface area (Å²) in [4.78, 5) is 14.8. The first-order valence-corrected chi connectivity index (χ1v) is 11.5. The fraction of sp³-hybridized carbons (Fsp3) is 0.364. The minimum absolute atomic E-state index is 0.0685. The Morgan fingerprint density at radius 3 is 2.47 bits per heavy atom. The van der Waals surface area contributed by atoms with Crippen LogP contribution in [0.2, 0.25) is 0 Å². The molecule has 1 saturated heterocycles. The van der Waals surface area contributed by atoms with E-state index in [-0.39, 0.29) is 17.3 Å². The van der Waals surface area contributed by atoms with Crippen molar-refractivity contribution in [3.63, 3.8) is 0 Å². The minimum atomic E-state index is -4.04. The van der Waals surface area contributed by atoms with Crippen molar-refractivity contribution in [2.75, 3.05) is 18.1 Å². The van der Waals surface area contributed by atoms with E-state index in [0.29, 0.717) is 24.7 Å². The minimum Gasteiger partial charge on any atom is -0.337 e. The number of fused-ring (bicyclic) bond motifs is 1. The Morgan fingerprint density at radius 1 is 1.13 bits per heavy atom. The average molecular weight is 430 g/mol. The topological polar surface area (TPSA) is 70.1 Å². The van der Waals surface area contributed by atoms with Crippen molar-refractivity contribution in [1.82, 2.24) is 4.90 Å². The first kappa shape index (κ1) is 20.5. The second-order valence-corrected chi connectivity index (χ2v) is 9.87. The predicted octanol–water partition coefficient (Wildman–Crippen LogP) is 3.50. The average Bonchev–Trinajstić information content (AvgIpc) is 2.71. The van der Waals surface area contributed by atoms with E-state index >= 15 is 0 Å². The molecule has 0 saturated carbocycles. The molecule has 0 atom stereocenters. The van der Waals surface area contributed by atoms with Gasteiger partial charge in [-0.3, -0.25) is 9.80 Å². The highest BCUT2D eigenvalue weighted by Gasteiger charge is 2.40. The summed E-state index contributed by atoms with van der Waals surface area (Å²) < 4.78 is 39.8. The molecule has 0 unspecified atom stereocenters. The van der Waals surface area contributed by atoms with Gasteiger partial charge in [-0.2, -0.15) is 5.10 Å². The number of hydrazone groups is 1. The number of likely N-dealkylation sites (tertiary alicyclic amines) is 1. The Bertz CT molecular complexity index is 1100. The van der Waals surface area contributed by atoms with Gasteiger partial charge < -0.3 is 4.90 Å². The summed E-state index contributed by atoms with van der Waals surface area (Å²) in [5.41, 5.74) is 2.05. The Labute approximate surface area is 175 Å². The Morgan fingerprint density at radius 2 is 1.80 bits per heavy atom. The zero-order chi connectivity index (χ0) is 21.5. The Balaban J connectivity index is 1.75. The summed E-state index contributed by atoms with van der Waals surface area (Å²) in [6.07, 6.45) is 1.68. The lowest BCUT2D eigenvalue weighted by Gasteiger charge is -2.33. The van der Waals surface area contributed by atoms with Crippen molar-refractivity contribution in [2.45, 2.75) is 38.1 Å². The zero-order valence-corrected chi connectivity index (χ0v) is 17.8. The maximum absolute atomic E-state index is 13.3. The summed E-state index contributed by atoms with van der Waals surface area (Å²) in [5.74, 6) is -0.398. The maximum atomic E-state index is 13.3. The number of carbonyl (C=O) groups is 1. The molecule has 0 spiro atoms. The number of hydrogen-bond acceptors (Lipinski definition) is 5. The number of nitrogens with zero attached hydrogens (tertiary/aromatic N) is 3. The third-order valence-corrected chi connectivity index (χ3v) is 7.34. The quantitative estimate of drug-likeness (QED) is 0.749. The van der Waals surface area contributed by atoms with Crippen LogP contribution in [0.3, 0.4) is 0 Å². The van der Waals surface area contributed by atoms with Crippen molar-refractivity contribution in [1.29, 1.82) is 0 Å². The molecule has 1 fully saturated rings. The molecule has 0 bridgehead atoms. The molecule has 0 N–H and O–H groups in total. The van der Waals surface area contributed by atoms with Crippen LogP contribution in [0.1, 0.15) is 30.9 Å². The Kier molecular flexibility index (Phi) is 5.36. The van der Waals surface area contributed by atoms with E-state index in [2.05, 4.69) is 12.0 Å². The molecule has 0 radical (unpaired) electrons. The van der Waals surface area contributed by atoms with Gasteiger partial charge in [0.15, 0.2) is 0 Å². The van der Waals surface area contributed by atoms with Crippen molar-refractivity contribution < 1.29 is 17.6 Å². The SMILES string of the molecule is Cc1ccc2c(c1)N(Cc1ccc(F)cc1)N=C(C(=O)N1CCC(C)CC1)S2(=O)=O. The fourth-order valence-electron chi connectivity index (χ4n) is 3.77. The van der Waals surface area contributed by atoms with Crippen molar-refractivity contribution in [3.05, 3.63) is 59.4 Å². The van der Waals surface area contributed by atoms with Crippen LogP contribution in [0.4, 0.5) is 10.1 Å². The molecule has 6 nitrogen and oxygen atoms in total. The highest BCUT2D eigenvalue weighted by atomic mass is 32.2. The Hall–Kier alpha value is -2.74. The van der Waals surface area contributed by atoms with Crippen LogP contribution in [0.15, 0.2) is 52.5 Å². The van der Waals surface area contributed by atoms with Crippen LogP contribution in [0.5, 0.6) is 0 Å². The van der Waals surface area contributed by atoms with Gasteiger partial charge in [0.1, 0.15) is 5.82 Å². The van der Waals surface area contributed by atoms with Crippen LogP contribution in [0.25, 0.3) is 0 Å². The van der Waals surface area contributed by atoms with Gasteiger partial charge in [-0.1, -0.05) is 25.1 Å². The van der Waals surface area contributed by atoms with Crippen molar-refractivity contribution >= 4 is 26.5 Å². The van der Waals surface area contributed by atoms with Crippen LogP contribution >= 0.6 is 0 Å². The fourth-order valence-corrected chi connectivity index (χ4v) is 5.23. The van der Waals surface area contributed by atoms with E-state index in [4.69, 9.17) is 0 Å². The lowest BCUT2D eigenvalue weighted by atomic mass is 9.99. The van der Waals surface area contributed by atoms with Gasteiger partial charge in [-0.25, -0.2) is 12.8 Å². The molecule has 2 aliphatic rings. The first-order valence-electron chi connectivity index (χ1n) is 10.0. The molecule has 2 heterocycles. The first-order chi connectivity index (χ1) is 14.3. The number of sulfone groups is 1. The van der Waals surface area contributed by atoms with E-state index in [1.807, 2.05) is 6.92 Å². The molecule has 30 heavy (non-hydrogen) atoms. The monoisotopic (exact) mass is 429 g/mol. The van der Waals surface area contributed by atoms with Gasteiger partial charge >= 0.3 is 0 Å². The maximum Gasteiger partial charge on any atom is 0.286 e. The van der Waals surface area contributed by atoms with E-state index < -0.39 is 20.8 Å². The van der Waals surface area contributed by atoms with Gasteiger partial charge in [0, 0.05) is 13.1 Å². The number of carbonyl (C=O) groups excluding carboxylic acids is 1. The van der Waals surface area contributed by atoms with Crippen LogP contribution in [-0.2, 0) is 21.2 Å². The van der Waals surface area contributed by atoms with Crippen LogP contribution in [-0.4, -0.2) is 37.4 Å². The molecule has 0 aliphatic carbocycles. The lowest BCUT2D eigenvalue weighted by molar-refractivity contribution is -0.125. The van der Waals surface area contributed by atoms with E-state index in [1.165, 1.54) is 23.2 Å². The molecule has 8 heteroatoms. The third kappa shape index (κ3) is 3.84. The summed E-state index contributed by atoms with van der Waals surface area (Å²) >= 11 is 0. The predicted molar refractivity (Wildman–Crippen MR) is 113 cm³/mol. The number of anilines is 1. The number of benzene rings is 2. The van der Waals surface area contributed by atoms with E-state index in [1.54, 1.807) is 29.2 Å². The zero-order valence-electron chi connectivity index (χ0n) is 17.0. The smallest absolute Gasteiger partial charge is 0.286 e. The van der Waals surface area contributed by atoms with Gasteiger partial charge in [0.25, 0.3) is 5.91 Å².